The lowest BCUT2D eigenvalue weighted by Gasteiger charge is -2.35. The lowest BCUT2D eigenvalue weighted by molar-refractivity contribution is -0.130. The van der Waals surface area contributed by atoms with E-state index < -0.39 is 0 Å². The molecule has 0 spiro atoms. The molecule has 3 rings (SSSR count). The Morgan fingerprint density at radius 2 is 2.00 bits per heavy atom. The third-order valence-corrected chi connectivity index (χ3v) is 6.85. The number of benzene rings is 1. The minimum Gasteiger partial charge on any atom is -0.372 e. The number of aryl methyl sites for hydroxylation is 2. The maximum atomic E-state index is 12.8. The minimum absolute atomic E-state index is 0.183. The Hall–Kier alpha value is -1.43. The van der Waals surface area contributed by atoms with Crippen LogP contribution in [0, 0.1) is 25.2 Å². The molecule has 5 nitrogen and oxygen atoms in total. The molecule has 30 heavy (non-hydrogen) atoms. The highest BCUT2D eigenvalue weighted by Gasteiger charge is 2.33. The SMILES string of the molecule is Cc1ccc(CO[C@@H]2CC[C@@H](CC(C)(C)C(=O)NC[C@H]3CCCNC3)NC2)cc1C. The lowest BCUT2D eigenvalue weighted by atomic mass is 9.82. The minimum atomic E-state index is -0.354. The van der Waals surface area contributed by atoms with Gasteiger partial charge in [0.25, 0.3) is 0 Å². The molecule has 1 aromatic rings. The fraction of sp³-hybridized carbons (Fsp3) is 0.720. The molecule has 3 N–H and O–H groups in total. The molecule has 2 aliphatic heterocycles. The first kappa shape index (κ1) is 23.2. The number of rotatable bonds is 8. The van der Waals surface area contributed by atoms with Crippen molar-refractivity contribution < 1.29 is 9.53 Å². The van der Waals surface area contributed by atoms with E-state index in [-0.39, 0.29) is 17.4 Å². The number of hydrogen-bond acceptors (Lipinski definition) is 4. The summed E-state index contributed by atoms with van der Waals surface area (Å²) >= 11 is 0. The van der Waals surface area contributed by atoms with Crippen molar-refractivity contribution in [2.75, 3.05) is 26.2 Å². The molecule has 1 aromatic carbocycles. The van der Waals surface area contributed by atoms with Crippen molar-refractivity contribution in [3.05, 3.63) is 34.9 Å². The van der Waals surface area contributed by atoms with E-state index in [4.69, 9.17) is 4.74 Å². The molecule has 0 unspecified atom stereocenters. The molecule has 2 aliphatic rings. The molecule has 2 heterocycles. The van der Waals surface area contributed by atoms with Gasteiger partial charge >= 0.3 is 0 Å². The predicted octanol–water partition coefficient (Wildman–Crippen LogP) is 3.47. The monoisotopic (exact) mass is 415 g/mol. The summed E-state index contributed by atoms with van der Waals surface area (Å²) in [7, 11) is 0. The largest absolute Gasteiger partial charge is 0.372 e. The highest BCUT2D eigenvalue weighted by atomic mass is 16.5. The van der Waals surface area contributed by atoms with Crippen LogP contribution >= 0.6 is 0 Å². The third kappa shape index (κ3) is 6.79. The molecule has 1 amide bonds. The van der Waals surface area contributed by atoms with Gasteiger partial charge in [0.2, 0.25) is 5.91 Å². The molecule has 2 saturated heterocycles. The Labute approximate surface area is 182 Å². The van der Waals surface area contributed by atoms with Crippen LogP contribution in [0.15, 0.2) is 18.2 Å². The Kier molecular flexibility index (Phi) is 8.32. The van der Waals surface area contributed by atoms with Gasteiger partial charge in [0, 0.05) is 24.5 Å². The first-order valence-corrected chi connectivity index (χ1v) is 11.7. The zero-order chi connectivity index (χ0) is 21.6. The third-order valence-electron chi connectivity index (χ3n) is 6.85. The van der Waals surface area contributed by atoms with Gasteiger partial charge < -0.3 is 20.7 Å². The van der Waals surface area contributed by atoms with Crippen LogP contribution in [0.3, 0.4) is 0 Å². The van der Waals surface area contributed by atoms with Gasteiger partial charge in [0.05, 0.1) is 12.7 Å². The van der Waals surface area contributed by atoms with E-state index in [2.05, 4.69) is 61.8 Å². The summed E-state index contributed by atoms with van der Waals surface area (Å²) in [6, 6.07) is 6.93. The van der Waals surface area contributed by atoms with Crippen molar-refractivity contribution in [1.82, 2.24) is 16.0 Å². The lowest BCUT2D eigenvalue weighted by Crippen LogP contribution is -2.48. The van der Waals surface area contributed by atoms with Gasteiger partial charge in [-0.3, -0.25) is 4.79 Å². The Balaban J connectivity index is 1.37. The molecular weight excluding hydrogens is 374 g/mol. The maximum absolute atomic E-state index is 12.8. The number of ether oxygens (including phenoxy) is 1. The standard InChI is InChI=1S/C25H41N3O2/c1-18-7-8-20(12-19(18)2)17-30-23-10-9-22(27-16-23)13-25(3,4)24(29)28-15-21-6-5-11-26-14-21/h7-8,12,21-23,26-27H,5-6,9-11,13-17H2,1-4H3,(H,28,29)/t21-,22-,23+/m0/s1. The van der Waals surface area contributed by atoms with Crippen LogP contribution in [-0.2, 0) is 16.1 Å². The van der Waals surface area contributed by atoms with E-state index in [1.807, 2.05) is 0 Å². The summed E-state index contributed by atoms with van der Waals surface area (Å²) < 4.78 is 6.15. The summed E-state index contributed by atoms with van der Waals surface area (Å²) in [4.78, 5) is 12.8. The second-order valence-electron chi connectivity index (χ2n) is 10.0. The summed E-state index contributed by atoms with van der Waals surface area (Å²) in [5.74, 6) is 0.754. The number of carbonyl (C=O) groups is 1. The quantitative estimate of drug-likeness (QED) is 0.608. The van der Waals surface area contributed by atoms with Gasteiger partial charge in [0.15, 0.2) is 0 Å². The normalized spacial score (nSPS) is 25.1. The Morgan fingerprint density at radius 1 is 1.17 bits per heavy atom. The summed E-state index contributed by atoms with van der Waals surface area (Å²) in [5, 5.41) is 10.3. The van der Waals surface area contributed by atoms with Crippen molar-refractivity contribution in [1.29, 1.82) is 0 Å². The molecule has 5 heteroatoms. The van der Waals surface area contributed by atoms with E-state index in [9.17, 15) is 4.79 Å². The highest BCUT2D eigenvalue weighted by molar-refractivity contribution is 5.81. The van der Waals surface area contributed by atoms with E-state index in [0.717, 1.165) is 45.4 Å². The zero-order valence-corrected chi connectivity index (χ0v) is 19.4. The van der Waals surface area contributed by atoms with E-state index in [0.29, 0.717) is 18.6 Å². The topological polar surface area (TPSA) is 62.4 Å². The van der Waals surface area contributed by atoms with Crippen LogP contribution in [0.5, 0.6) is 0 Å². The molecular formula is C25H41N3O2. The average molecular weight is 416 g/mol. The van der Waals surface area contributed by atoms with E-state index in [1.165, 1.54) is 29.5 Å². The number of hydrogen-bond donors (Lipinski definition) is 3. The summed E-state index contributed by atoms with van der Waals surface area (Å²) in [6.07, 6.45) is 5.64. The van der Waals surface area contributed by atoms with Crippen LogP contribution in [0.25, 0.3) is 0 Å². The number of piperidine rings is 2. The maximum Gasteiger partial charge on any atom is 0.225 e. The van der Waals surface area contributed by atoms with Gasteiger partial charge in [0.1, 0.15) is 0 Å². The van der Waals surface area contributed by atoms with Crippen LogP contribution < -0.4 is 16.0 Å². The molecule has 0 aliphatic carbocycles. The Morgan fingerprint density at radius 3 is 2.67 bits per heavy atom. The van der Waals surface area contributed by atoms with Crippen LogP contribution in [0.1, 0.15) is 62.6 Å². The van der Waals surface area contributed by atoms with Gasteiger partial charge in [-0.25, -0.2) is 0 Å². The van der Waals surface area contributed by atoms with Crippen molar-refractivity contribution in [3.63, 3.8) is 0 Å². The number of carbonyl (C=O) groups excluding carboxylic acids is 1. The summed E-state index contributed by atoms with van der Waals surface area (Å²) in [6.45, 7) is 12.9. The van der Waals surface area contributed by atoms with Gasteiger partial charge in [-0.15, -0.1) is 0 Å². The summed E-state index contributed by atoms with van der Waals surface area (Å²) in [5.41, 5.74) is 3.53. The van der Waals surface area contributed by atoms with Crippen LogP contribution in [0.4, 0.5) is 0 Å². The first-order chi connectivity index (χ1) is 14.3. The second-order valence-corrected chi connectivity index (χ2v) is 10.0. The Bertz CT molecular complexity index is 690. The second kappa shape index (κ2) is 10.7. The fourth-order valence-electron chi connectivity index (χ4n) is 4.60. The van der Waals surface area contributed by atoms with Crippen molar-refractivity contribution in [3.8, 4) is 0 Å². The van der Waals surface area contributed by atoms with Crippen molar-refractivity contribution in [2.45, 2.75) is 78.6 Å². The number of amides is 1. The fourth-order valence-corrected chi connectivity index (χ4v) is 4.60. The smallest absolute Gasteiger partial charge is 0.225 e. The van der Waals surface area contributed by atoms with Gasteiger partial charge in [-0.2, -0.15) is 0 Å². The molecule has 0 bridgehead atoms. The zero-order valence-electron chi connectivity index (χ0n) is 19.4. The molecule has 3 atom stereocenters. The molecule has 2 fully saturated rings. The molecule has 0 radical (unpaired) electrons. The van der Waals surface area contributed by atoms with Crippen LogP contribution in [0.2, 0.25) is 0 Å². The van der Waals surface area contributed by atoms with Gasteiger partial charge in [-0.1, -0.05) is 32.0 Å². The molecule has 168 valence electrons. The number of nitrogens with one attached hydrogen (secondary N) is 3. The van der Waals surface area contributed by atoms with Gasteiger partial charge in [-0.05, 0) is 81.6 Å². The van der Waals surface area contributed by atoms with E-state index >= 15 is 0 Å². The van der Waals surface area contributed by atoms with E-state index in [1.54, 1.807) is 0 Å². The predicted molar refractivity (Wildman–Crippen MR) is 123 cm³/mol. The van der Waals surface area contributed by atoms with Crippen molar-refractivity contribution >= 4 is 5.91 Å². The van der Waals surface area contributed by atoms with Crippen LogP contribution in [-0.4, -0.2) is 44.2 Å². The first-order valence-electron chi connectivity index (χ1n) is 11.7. The average Bonchev–Trinajstić information content (AvgIpc) is 2.74. The molecule has 0 saturated carbocycles. The van der Waals surface area contributed by atoms with Crippen molar-refractivity contribution in [2.24, 2.45) is 11.3 Å². The molecule has 0 aromatic heterocycles. The highest BCUT2D eigenvalue weighted by Crippen LogP contribution is 2.27.